The monoisotopic (exact) mass is 288 g/mol. The van der Waals surface area contributed by atoms with E-state index in [9.17, 15) is 10.1 Å². The Morgan fingerprint density at radius 1 is 1.38 bits per heavy atom. The quantitative estimate of drug-likeness (QED) is 0.559. The molecule has 0 aliphatic rings. The van der Waals surface area contributed by atoms with Crippen molar-refractivity contribution < 1.29 is 9.55 Å². The minimum Gasteiger partial charge on any atom is -0.383 e. The molecule has 2 heterocycles. The molecule has 0 bridgehead atoms. The largest absolute Gasteiger partial charge is 0.383 e. The van der Waals surface area contributed by atoms with Crippen molar-refractivity contribution >= 4 is 22.4 Å². The summed E-state index contributed by atoms with van der Waals surface area (Å²) in [5.41, 5.74) is 1.01. The summed E-state index contributed by atoms with van der Waals surface area (Å²) in [4.78, 5) is 14.6. The first-order valence-electron chi connectivity index (χ1n) is 6.26. The number of non-ortho nitro benzene ring substituents is 1. The van der Waals surface area contributed by atoms with Gasteiger partial charge in [-0.3, -0.25) is 10.1 Å². The Morgan fingerprint density at radius 2 is 2.19 bits per heavy atom. The zero-order valence-electron chi connectivity index (χ0n) is 11.2. The third-order valence-corrected chi connectivity index (χ3v) is 3.18. The molecule has 0 spiro atoms. The van der Waals surface area contributed by atoms with Crippen molar-refractivity contribution in [3.05, 3.63) is 40.5 Å². The highest BCUT2D eigenvalue weighted by Crippen LogP contribution is 2.28. The van der Waals surface area contributed by atoms with E-state index in [1.807, 2.05) is 17.8 Å². The molecule has 2 aromatic heterocycles. The second-order valence-corrected chi connectivity index (χ2v) is 4.48. The Morgan fingerprint density at radius 3 is 2.90 bits per heavy atom. The number of nitrogens with zero attached hydrogens (tertiary/aromatic N) is 5. The van der Waals surface area contributed by atoms with Crippen LogP contribution in [0.25, 0.3) is 11.0 Å². The summed E-state index contributed by atoms with van der Waals surface area (Å²) < 4.78 is 6.54. The van der Waals surface area contributed by atoms with Gasteiger partial charge in [0, 0.05) is 38.5 Å². The van der Waals surface area contributed by atoms with Gasteiger partial charge in [0.15, 0.2) is 5.52 Å². The second-order valence-electron chi connectivity index (χ2n) is 4.48. The number of benzene rings is 1. The van der Waals surface area contributed by atoms with E-state index in [-0.39, 0.29) is 11.2 Å². The van der Waals surface area contributed by atoms with Crippen molar-refractivity contribution in [2.24, 2.45) is 7.05 Å². The Balaban J connectivity index is 1.79. The molecule has 0 saturated carbocycles. The van der Waals surface area contributed by atoms with Crippen molar-refractivity contribution in [1.82, 2.24) is 19.9 Å². The number of rotatable bonds is 5. The van der Waals surface area contributed by atoms with E-state index in [1.165, 1.54) is 6.07 Å². The molecule has 3 rings (SSSR count). The number of nitro benzene ring substituents is 1. The van der Waals surface area contributed by atoms with Gasteiger partial charge in [-0.1, -0.05) is 0 Å². The van der Waals surface area contributed by atoms with E-state index in [0.717, 1.165) is 5.82 Å². The van der Waals surface area contributed by atoms with Crippen LogP contribution in [-0.4, -0.2) is 31.3 Å². The van der Waals surface area contributed by atoms with Crippen LogP contribution in [0, 0.1) is 10.1 Å². The van der Waals surface area contributed by atoms with E-state index >= 15 is 0 Å². The molecule has 0 aliphatic heterocycles. The summed E-state index contributed by atoms with van der Waals surface area (Å²) in [6, 6.07) is 2.98. The smallest absolute Gasteiger partial charge is 0.300 e. The van der Waals surface area contributed by atoms with Gasteiger partial charge < -0.3 is 9.88 Å². The number of anilines is 1. The molecule has 0 saturated heterocycles. The Hall–Kier alpha value is -2.97. The molecule has 21 heavy (non-hydrogen) atoms. The lowest BCUT2D eigenvalue weighted by Gasteiger charge is -2.06. The third-order valence-electron chi connectivity index (χ3n) is 3.18. The van der Waals surface area contributed by atoms with Gasteiger partial charge >= 0.3 is 5.69 Å². The van der Waals surface area contributed by atoms with Crippen LogP contribution in [0.2, 0.25) is 0 Å². The molecule has 0 aliphatic carbocycles. The molecule has 9 nitrogen and oxygen atoms in total. The van der Waals surface area contributed by atoms with Gasteiger partial charge in [-0.05, 0) is 16.4 Å². The maximum atomic E-state index is 10.9. The van der Waals surface area contributed by atoms with Crippen molar-refractivity contribution in [3.8, 4) is 0 Å². The van der Waals surface area contributed by atoms with E-state index in [4.69, 9.17) is 0 Å². The summed E-state index contributed by atoms with van der Waals surface area (Å²) in [5.74, 6) is 0.943. The fourth-order valence-electron chi connectivity index (χ4n) is 2.09. The number of hydrogen-bond acceptors (Lipinski definition) is 7. The highest BCUT2D eigenvalue weighted by molar-refractivity contribution is 5.93. The lowest BCUT2D eigenvalue weighted by Crippen LogP contribution is -2.09. The van der Waals surface area contributed by atoms with Gasteiger partial charge in [0.1, 0.15) is 5.82 Å². The number of aryl methyl sites for hydroxylation is 1. The minimum atomic E-state index is -0.510. The van der Waals surface area contributed by atoms with Crippen LogP contribution in [0.5, 0.6) is 0 Å². The van der Waals surface area contributed by atoms with Crippen LogP contribution >= 0.6 is 0 Å². The molecule has 1 N–H and O–H groups in total. The Kier molecular flexibility index (Phi) is 3.22. The van der Waals surface area contributed by atoms with Crippen LogP contribution in [0.1, 0.15) is 5.82 Å². The first-order valence-corrected chi connectivity index (χ1v) is 6.26. The molecule has 0 amide bonds. The van der Waals surface area contributed by atoms with Gasteiger partial charge in [0.05, 0.1) is 10.6 Å². The maximum absolute atomic E-state index is 10.9. The van der Waals surface area contributed by atoms with Crippen molar-refractivity contribution in [2.45, 2.75) is 6.42 Å². The predicted octanol–water partition coefficient (Wildman–Crippen LogP) is 1.52. The highest BCUT2D eigenvalue weighted by Gasteiger charge is 2.19. The molecule has 0 radical (unpaired) electrons. The summed E-state index contributed by atoms with van der Waals surface area (Å²) in [7, 11) is 1.92. The molecule has 108 valence electrons. The summed E-state index contributed by atoms with van der Waals surface area (Å²) in [5, 5.41) is 21.4. The molecule has 9 heteroatoms. The van der Waals surface area contributed by atoms with Gasteiger partial charge in [0.2, 0.25) is 5.52 Å². The second kappa shape index (κ2) is 5.19. The van der Waals surface area contributed by atoms with Crippen molar-refractivity contribution in [3.63, 3.8) is 0 Å². The van der Waals surface area contributed by atoms with E-state index in [0.29, 0.717) is 24.2 Å². The number of aromatic nitrogens is 4. The standard InChI is InChI=1S/C12H12N6O3/c1-17-7-6-14-10(17)4-5-13-8-2-3-9(18(19)20)12-11(8)15-21-16-12/h2-3,6-7,13H,4-5H2,1H3. The lowest BCUT2D eigenvalue weighted by atomic mass is 10.2. The molecule has 0 atom stereocenters. The molecular weight excluding hydrogens is 276 g/mol. The average molecular weight is 288 g/mol. The van der Waals surface area contributed by atoms with Gasteiger partial charge in [-0.2, -0.15) is 0 Å². The number of imidazole rings is 1. The fraction of sp³-hybridized carbons (Fsp3) is 0.250. The zero-order valence-corrected chi connectivity index (χ0v) is 11.2. The number of hydrogen-bond donors (Lipinski definition) is 1. The molecule has 0 fully saturated rings. The highest BCUT2D eigenvalue weighted by atomic mass is 16.6. The van der Waals surface area contributed by atoms with Crippen molar-refractivity contribution in [1.29, 1.82) is 0 Å². The first-order chi connectivity index (χ1) is 10.2. The van der Waals surface area contributed by atoms with Gasteiger partial charge in [-0.25, -0.2) is 9.61 Å². The van der Waals surface area contributed by atoms with E-state index < -0.39 is 4.92 Å². The summed E-state index contributed by atoms with van der Waals surface area (Å²) in [6.45, 7) is 0.616. The lowest BCUT2D eigenvalue weighted by molar-refractivity contribution is -0.383. The topological polar surface area (TPSA) is 112 Å². The van der Waals surface area contributed by atoms with E-state index in [1.54, 1.807) is 12.3 Å². The van der Waals surface area contributed by atoms with Gasteiger partial charge in [0.25, 0.3) is 0 Å². The summed E-state index contributed by atoms with van der Waals surface area (Å²) in [6.07, 6.45) is 4.33. The minimum absolute atomic E-state index is 0.124. The average Bonchev–Trinajstić information content (AvgIpc) is 3.08. The van der Waals surface area contributed by atoms with Gasteiger partial charge in [-0.15, -0.1) is 0 Å². The first kappa shape index (κ1) is 13.0. The van der Waals surface area contributed by atoms with E-state index in [2.05, 4.69) is 25.2 Å². The molecule has 0 unspecified atom stereocenters. The molecule has 1 aromatic carbocycles. The Bertz CT molecular complexity index is 793. The zero-order chi connectivity index (χ0) is 14.8. The predicted molar refractivity (Wildman–Crippen MR) is 73.9 cm³/mol. The Labute approximate surface area is 118 Å². The fourth-order valence-corrected chi connectivity index (χ4v) is 2.09. The van der Waals surface area contributed by atoms with Crippen LogP contribution in [-0.2, 0) is 13.5 Å². The number of nitrogens with one attached hydrogen (secondary N) is 1. The molecular formula is C12H12N6O3. The van der Waals surface area contributed by atoms with Crippen LogP contribution < -0.4 is 5.32 Å². The SMILES string of the molecule is Cn1ccnc1CCNc1ccc([N+](=O)[O-])c2nonc12. The molecule has 3 aromatic rings. The van der Waals surface area contributed by atoms with Crippen LogP contribution in [0.4, 0.5) is 11.4 Å². The number of fused-ring (bicyclic) bond motifs is 1. The third kappa shape index (κ3) is 2.40. The summed E-state index contributed by atoms with van der Waals surface area (Å²) >= 11 is 0. The van der Waals surface area contributed by atoms with Crippen molar-refractivity contribution in [2.75, 3.05) is 11.9 Å². The van der Waals surface area contributed by atoms with Crippen LogP contribution in [0.15, 0.2) is 29.2 Å². The van der Waals surface area contributed by atoms with Crippen LogP contribution in [0.3, 0.4) is 0 Å². The number of nitro groups is 1. The maximum Gasteiger partial charge on any atom is 0.300 e. The normalized spacial score (nSPS) is 10.9.